The number of nitrogens with zero attached hydrogens (tertiary/aromatic N) is 3. The van der Waals surface area contributed by atoms with Crippen molar-refractivity contribution in [1.29, 1.82) is 0 Å². The number of hydrogen-bond donors (Lipinski definition) is 2. The minimum atomic E-state index is 0.699. The first-order valence-corrected chi connectivity index (χ1v) is 7.72. The lowest BCUT2D eigenvalue weighted by Gasteiger charge is -2.13. The molecular formula is C14H21N5S. The fraction of sp³-hybridized carbons (Fsp3) is 0.500. The lowest BCUT2D eigenvalue weighted by atomic mass is 10.2. The van der Waals surface area contributed by atoms with Gasteiger partial charge in [0, 0.05) is 30.1 Å². The lowest BCUT2D eigenvalue weighted by Crippen LogP contribution is -2.09. The summed E-state index contributed by atoms with van der Waals surface area (Å²) in [5.41, 5.74) is 2.11. The zero-order chi connectivity index (χ0) is 14.5. The van der Waals surface area contributed by atoms with Crippen LogP contribution in [0.25, 0.3) is 0 Å². The topological polar surface area (TPSA) is 62.7 Å². The molecule has 0 aliphatic rings. The lowest BCUT2D eigenvalue weighted by molar-refractivity contribution is 0.831. The highest BCUT2D eigenvalue weighted by molar-refractivity contribution is 7.09. The Kier molecular flexibility index (Phi) is 4.89. The molecule has 2 heterocycles. The standard InChI is InChI=1S/C14H21N5S/c1-5-6-11-18-13(15-4)10(3)14(19-11)16-7-12-17-9(2)8-20-12/h8H,5-7H2,1-4H3,(H2,15,16,18,19). The fourth-order valence-corrected chi connectivity index (χ4v) is 2.67. The highest BCUT2D eigenvalue weighted by atomic mass is 32.1. The van der Waals surface area contributed by atoms with Crippen molar-refractivity contribution >= 4 is 23.0 Å². The van der Waals surface area contributed by atoms with Gasteiger partial charge in [0.25, 0.3) is 0 Å². The Morgan fingerprint density at radius 2 is 1.90 bits per heavy atom. The average molecular weight is 291 g/mol. The number of thiazole rings is 1. The second kappa shape index (κ2) is 6.65. The number of hydrogen-bond acceptors (Lipinski definition) is 6. The summed E-state index contributed by atoms with van der Waals surface area (Å²) in [6.45, 7) is 6.87. The number of aromatic nitrogens is 3. The smallest absolute Gasteiger partial charge is 0.135 e. The molecule has 0 atom stereocenters. The first kappa shape index (κ1) is 14.7. The number of anilines is 2. The summed E-state index contributed by atoms with van der Waals surface area (Å²) in [6.07, 6.45) is 1.93. The predicted octanol–water partition coefficient (Wildman–Crippen LogP) is 3.16. The van der Waals surface area contributed by atoms with Gasteiger partial charge in [-0.1, -0.05) is 6.92 Å². The summed E-state index contributed by atoms with van der Waals surface area (Å²) in [7, 11) is 1.89. The van der Waals surface area contributed by atoms with E-state index in [9.17, 15) is 0 Å². The third kappa shape index (κ3) is 3.45. The average Bonchev–Trinajstić information content (AvgIpc) is 2.85. The number of aryl methyl sites for hydroxylation is 2. The van der Waals surface area contributed by atoms with Crippen molar-refractivity contribution in [3.8, 4) is 0 Å². The summed E-state index contributed by atoms with van der Waals surface area (Å²) >= 11 is 1.67. The van der Waals surface area contributed by atoms with Crippen LogP contribution in [0.3, 0.4) is 0 Å². The fourth-order valence-electron chi connectivity index (χ4n) is 1.96. The Labute approximate surface area is 123 Å². The van der Waals surface area contributed by atoms with Crippen LogP contribution in [-0.4, -0.2) is 22.0 Å². The Morgan fingerprint density at radius 1 is 1.15 bits per heavy atom. The van der Waals surface area contributed by atoms with Crippen LogP contribution >= 0.6 is 11.3 Å². The van der Waals surface area contributed by atoms with Crippen LogP contribution in [0.2, 0.25) is 0 Å². The van der Waals surface area contributed by atoms with Gasteiger partial charge in [-0.2, -0.15) is 0 Å². The molecule has 0 aliphatic heterocycles. The summed E-state index contributed by atoms with van der Waals surface area (Å²) in [5, 5.41) is 9.64. The SMILES string of the molecule is CCCc1nc(NC)c(C)c(NCc2nc(C)cs2)n1. The van der Waals surface area contributed by atoms with E-state index in [-0.39, 0.29) is 0 Å². The molecule has 0 saturated carbocycles. The van der Waals surface area contributed by atoms with Crippen molar-refractivity contribution in [3.63, 3.8) is 0 Å². The summed E-state index contributed by atoms with van der Waals surface area (Å²) < 4.78 is 0. The van der Waals surface area contributed by atoms with Gasteiger partial charge in [-0.05, 0) is 20.3 Å². The Hall–Kier alpha value is -1.69. The van der Waals surface area contributed by atoms with Gasteiger partial charge in [-0.3, -0.25) is 0 Å². The van der Waals surface area contributed by atoms with Gasteiger partial charge in [-0.25, -0.2) is 15.0 Å². The summed E-state index contributed by atoms with van der Waals surface area (Å²) in [5.74, 6) is 2.65. The quantitative estimate of drug-likeness (QED) is 0.856. The van der Waals surface area contributed by atoms with Gasteiger partial charge in [0.05, 0.1) is 6.54 Å². The van der Waals surface area contributed by atoms with E-state index in [4.69, 9.17) is 0 Å². The van der Waals surface area contributed by atoms with Crippen LogP contribution in [0.4, 0.5) is 11.6 Å². The summed E-state index contributed by atoms with van der Waals surface area (Å²) in [4.78, 5) is 13.6. The largest absolute Gasteiger partial charge is 0.373 e. The minimum absolute atomic E-state index is 0.699. The molecule has 0 amide bonds. The zero-order valence-electron chi connectivity index (χ0n) is 12.4. The molecule has 0 unspecified atom stereocenters. The van der Waals surface area contributed by atoms with Crippen molar-refractivity contribution in [2.75, 3.05) is 17.7 Å². The molecule has 2 aromatic heterocycles. The highest BCUT2D eigenvalue weighted by Gasteiger charge is 2.10. The van der Waals surface area contributed by atoms with Crippen LogP contribution in [0.1, 0.15) is 35.4 Å². The van der Waals surface area contributed by atoms with Crippen molar-refractivity contribution in [1.82, 2.24) is 15.0 Å². The molecule has 2 N–H and O–H groups in total. The van der Waals surface area contributed by atoms with Gasteiger partial charge >= 0.3 is 0 Å². The molecule has 0 aliphatic carbocycles. The molecule has 6 heteroatoms. The molecule has 20 heavy (non-hydrogen) atoms. The number of rotatable bonds is 6. The maximum absolute atomic E-state index is 4.61. The molecule has 0 aromatic carbocycles. The van der Waals surface area contributed by atoms with Crippen LogP contribution < -0.4 is 10.6 Å². The Morgan fingerprint density at radius 3 is 2.50 bits per heavy atom. The van der Waals surface area contributed by atoms with Crippen LogP contribution in [0.15, 0.2) is 5.38 Å². The van der Waals surface area contributed by atoms with Gasteiger partial charge in [0.1, 0.15) is 22.5 Å². The van der Waals surface area contributed by atoms with Gasteiger partial charge in [0.2, 0.25) is 0 Å². The first-order chi connectivity index (χ1) is 9.63. The second-order valence-electron chi connectivity index (χ2n) is 4.70. The maximum Gasteiger partial charge on any atom is 0.135 e. The summed E-state index contributed by atoms with van der Waals surface area (Å²) in [6, 6.07) is 0. The molecule has 0 bridgehead atoms. The first-order valence-electron chi connectivity index (χ1n) is 6.84. The molecule has 5 nitrogen and oxygen atoms in total. The molecule has 2 rings (SSSR count). The third-order valence-electron chi connectivity index (χ3n) is 2.98. The molecule has 0 fully saturated rings. The van der Waals surface area contributed by atoms with Gasteiger partial charge in [-0.15, -0.1) is 11.3 Å². The molecule has 2 aromatic rings. The van der Waals surface area contributed by atoms with Crippen molar-refractivity contribution in [2.24, 2.45) is 0 Å². The zero-order valence-corrected chi connectivity index (χ0v) is 13.3. The maximum atomic E-state index is 4.61. The third-order valence-corrected chi connectivity index (χ3v) is 3.94. The van der Waals surface area contributed by atoms with E-state index in [2.05, 4.69) is 37.9 Å². The minimum Gasteiger partial charge on any atom is -0.373 e. The van der Waals surface area contributed by atoms with Gasteiger partial charge < -0.3 is 10.6 Å². The monoisotopic (exact) mass is 291 g/mol. The van der Waals surface area contributed by atoms with Crippen molar-refractivity contribution in [3.05, 3.63) is 27.5 Å². The van der Waals surface area contributed by atoms with E-state index in [0.717, 1.165) is 46.6 Å². The molecule has 0 radical (unpaired) electrons. The van der Waals surface area contributed by atoms with Crippen LogP contribution in [-0.2, 0) is 13.0 Å². The van der Waals surface area contributed by atoms with E-state index < -0.39 is 0 Å². The Balaban J connectivity index is 2.18. The van der Waals surface area contributed by atoms with E-state index in [1.165, 1.54) is 0 Å². The van der Waals surface area contributed by atoms with E-state index >= 15 is 0 Å². The molecule has 0 saturated heterocycles. The highest BCUT2D eigenvalue weighted by Crippen LogP contribution is 2.21. The van der Waals surface area contributed by atoms with E-state index in [1.54, 1.807) is 11.3 Å². The molecule has 0 spiro atoms. The van der Waals surface area contributed by atoms with E-state index in [0.29, 0.717) is 6.54 Å². The predicted molar refractivity (Wildman–Crippen MR) is 84.5 cm³/mol. The molecule has 108 valence electrons. The molecular weight excluding hydrogens is 270 g/mol. The van der Waals surface area contributed by atoms with E-state index in [1.807, 2.05) is 20.9 Å². The number of nitrogens with one attached hydrogen (secondary N) is 2. The normalized spacial score (nSPS) is 10.6. The second-order valence-corrected chi connectivity index (χ2v) is 5.64. The van der Waals surface area contributed by atoms with Crippen molar-refractivity contribution < 1.29 is 0 Å². The Bertz CT molecular complexity index is 579. The van der Waals surface area contributed by atoms with Gasteiger partial charge in [0.15, 0.2) is 0 Å². The van der Waals surface area contributed by atoms with Crippen LogP contribution in [0, 0.1) is 13.8 Å². The van der Waals surface area contributed by atoms with Crippen molar-refractivity contribution in [2.45, 2.75) is 40.2 Å². The van der Waals surface area contributed by atoms with Crippen LogP contribution in [0.5, 0.6) is 0 Å².